The van der Waals surface area contributed by atoms with E-state index >= 15 is 0 Å². The van der Waals surface area contributed by atoms with Crippen LogP contribution < -0.4 is 10.6 Å². The van der Waals surface area contributed by atoms with Gasteiger partial charge in [0.25, 0.3) is 0 Å². The topological polar surface area (TPSA) is 83.2 Å². The van der Waals surface area contributed by atoms with Crippen molar-refractivity contribution in [1.29, 1.82) is 0 Å². The molecule has 2 unspecified atom stereocenters. The maximum absolute atomic E-state index is 13.7. The Morgan fingerprint density at radius 3 is 2.42 bits per heavy atom. The van der Waals surface area contributed by atoms with Crippen molar-refractivity contribution in [2.45, 2.75) is 38.5 Å². The molecule has 6 nitrogen and oxygen atoms in total. The van der Waals surface area contributed by atoms with E-state index in [9.17, 15) is 9.59 Å². The highest BCUT2D eigenvalue weighted by molar-refractivity contribution is 5.92. The fourth-order valence-corrected chi connectivity index (χ4v) is 4.76. The summed E-state index contributed by atoms with van der Waals surface area (Å²) in [5.74, 6) is -0.290. The molecule has 1 heterocycles. The van der Waals surface area contributed by atoms with Gasteiger partial charge < -0.3 is 20.4 Å². The monoisotopic (exact) mass is 505 g/mol. The molecule has 0 fully saturated rings. The number of carbonyl (C=O) groups excluding carboxylic acids is 2. The lowest BCUT2D eigenvalue weighted by atomic mass is 9.91. The summed E-state index contributed by atoms with van der Waals surface area (Å²) in [6, 6.07) is 31.4. The summed E-state index contributed by atoms with van der Waals surface area (Å²) in [5.41, 5.74) is 2.50. The summed E-state index contributed by atoms with van der Waals surface area (Å²) in [5, 5.41) is 9.16. The number of hydrogen-bond donors (Lipinski definition) is 3. The maximum atomic E-state index is 13.7. The van der Waals surface area contributed by atoms with Crippen molar-refractivity contribution in [3.8, 4) is 0 Å². The smallest absolute Gasteiger partial charge is 0.408 e. The lowest BCUT2D eigenvalue weighted by molar-refractivity contribution is -0.127. The third-order valence-electron chi connectivity index (χ3n) is 6.93. The molecule has 1 aromatic heterocycles. The van der Waals surface area contributed by atoms with E-state index in [2.05, 4.69) is 15.6 Å². The van der Waals surface area contributed by atoms with E-state index < -0.39 is 11.6 Å². The van der Waals surface area contributed by atoms with Crippen LogP contribution in [-0.4, -0.2) is 22.5 Å². The zero-order chi connectivity index (χ0) is 26.5. The van der Waals surface area contributed by atoms with Gasteiger partial charge in [-0.25, -0.2) is 4.79 Å². The number of rotatable bonds is 8. The summed E-state index contributed by atoms with van der Waals surface area (Å²) in [4.78, 5) is 30.0. The number of alkyl carbamates (subject to hydrolysis) is 1. The predicted octanol–water partition coefficient (Wildman–Crippen LogP) is 6.43. The second-order valence-corrected chi connectivity index (χ2v) is 9.86. The number of ether oxygens (including phenoxy) is 1. The summed E-state index contributed by atoms with van der Waals surface area (Å²) in [6.07, 6.45) is 1.52. The van der Waals surface area contributed by atoms with Crippen molar-refractivity contribution in [2.75, 3.05) is 0 Å². The number of H-pyrrole nitrogens is 1. The lowest BCUT2D eigenvalue weighted by Gasteiger charge is -2.31. The molecular weight excluding hydrogens is 474 g/mol. The molecule has 38 heavy (non-hydrogen) atoms. The Kier molecular flexibility index (Phi) is 7.13. The predicted molar refractivity (Wildman–Crippen MR) is 151 cm³/mol. The van der Waals surface area contributed by atoms with Crippen LogP contribution in [0.15, 0.2) is 103 Å². The van der Waals surface area contributed by atoms with Crippen LogP contribution in [0.4, 0.5) is 4.79 Å². The molecule has 5 aromatic rings. The molecule has 0 radical (unpaired) electrons. The van der Waals surface area contributed by atoms with Crippen molar-refractivity contribution in [3.63, 3.8) is 0 Å². The fraction of sp³-hybridized carbons (Fsp3) is 0.188. The van der Waals surface area contributed by atoms with Gasteiger partial charge in [-0.15, -0.1) is 0 Å². The van der Waals surface area contributed by atoms with E-state index in [4.69, 9.17) is 4.74 Å². The normalized spacial score (nSPS) is 13.5. The fourth-order valence-electron chi connectivity index (χ4n) is 4.76. The summed E-state index contributed by atoms with van der Waals surface area (Å²) < 4.78 is 5.58. The molecule has 0 bridgehead atoms. The van der Waals surface area contributed by atoms with Gasteiger partial charge >= 0.3 is 6.09 Å². The van der Waals surface area contributed by atoms with Gasteiger partial charge in [0.15, 0.2) is 0 Å². The highest BCUT2D eigenvalue weighted by atomic mass is 16.5. The number of aromatic amines is 1. The minimum absolute atomic E-state index is 0.0991. The quantitative estimate of drug-likeness (QED) is 0.227. The SMILES string of the molecule is CC(NC(=O)C(C)(Cc1c[nH]c2ccccc12)NC(=O)OCc1ccc2ccccc2c1)c1ccccc1. The largest absolute Gasteiger partial charge is 0.445 e. The standard InChI is InChI=1S/C32H31N3O3/c1-22(24-10-4-3-5-11-24)34-30(36)32(2,19-27-20-33-29-15-9-8-14-28(27)29)35-31(37)38-21-23-16-17-25-12-6-7-13-26(25)18-23/h3-18,20,22,33H,19,21H2,1-2H3,(H,34,36)(H,35,37). The first-order valence-corrected chi connectivity index (χ1v) is 12.7. The summed E-state index contributed by atoms with van der Waals surface area (Å²) in [7, 11) is 0. The van der Waals surface area contributed by atoms with Crippen molar-refractivity contribution in [2.24, 2.45) is 0 Å². The Balaban J connectivity index is 1.34. The van der Waals surface area contributed by atoms with E-state index in [1.54, 1.807) is 6.92 Å². The van der Waals surface area contributed by atoms with Gasteiger partial charge in [-0.2, -0.15) is 0 Å². The van der Waals surface area contributed by atoms with Crippen molar-refractivity contribution < 1.29 is 14.3 Å². The number of amides is 2. The third-order valence-corrected chi connectivity index (χ3v) is 6.93. The van der Waals surface area contributed by atoms with Gasteiger partial charge in [0.1, 0.15) is 12.1 Å². The van der Waals surface area contributed by atoms with Gasteiger partial charge in [-0.1, -0.05) is 84.9 Å². The molecule has 0 spiro atoms. The first-order chi connectivity index (χ1) is 18.4. The minimum atomic E-state index is -1.26. The molecule has 0 aliphatic carbocycles. The first-order valence-electron chi connectivity index (χ1n) is 12.7. The number of benzene rings is 4. The van der Waals surface area contributed by atoms with E-state index in [1.807, 2.05) is 110 Å². The van der Waals surface area contributed by atoms with Crippen molar-refractivity contribution in [3.05, 3.63) is 120 Å². The second kappa shape index (κ2) is 10.8. The van der Waals surface area contributed by atoms with Crippen molar-refractivity contribution in [1.82, 2.24) is 15.6 Å². The molecule has 5 rings (SSSR count). The number of nitrogens with one attached hydrogen (secondary N) is 3. The number of carbonyl (C=O) groups is 2. The summed E-state index contributed by atoms with van der Waals surface area (Å²) in [6.45, 7) is 3.76. The van der Waals surface area contributed by atoms with Gasteiger partial charge in [-0.05, 0) is 53.4 Å². The molecule has 0 aliphatic heterocycles. The molecule has 0 saturated heterocycles. The molecule has 0 saturated carbocycles. The molecule has 6 heteroatoms. The van der Waals surface area contributed by atoms with Gasteiger partial charge in [0, 0.05) is 23.5 Å². The van der Waals surface area contributed by atoms with Crippen LogP contribution in [0, 0.1) is 0 Å². The molecular formula is C32H31N3O3. The highest BCUT2D eigenvalue weighted by Gasteiger charge is 2.37. The molecule has 3 N–H and O–H groups in total. The van der Waals surface area contributed by atoms with Crippen LogP contribution in [0.2, 0.25) is 0 Å². The first kappa shape index (κ1) is 25.1. The Labute approximate surface area is 222 Å². The van der Waals surface area contributed by atoms with Crippen LogP contribution >= 0.6 is 0 Å². The van der Waals surface area contributed by atoms with Gasteiger partial charge in [0.2, 0.25) is 5.91 Å². The van der Waals surface area contributed by atoms with E-state index in [-0.39, 0.29) is 25.0 Å². The van der Waals surface area contributed by atoms with E-state index in [0.29, 0.717) is 0 Å². The molecule has 2 atom stereocenters. The average Bonchev–Trinajstić information content (AvgIpc) is 3.34. The Morgan fingerprint density at radius 1 is 0.895 bits per heavy atom. The number of para-hydroxylation sites is 1. The highest BCUT2D eigenvalue weighted by Crippen LogP contribution is 2.24. The van der Waals surface area contributed by atoms with Crippen LogP contribution in [0.25, 0.3) is 21.7 Å². The van der Waals surface area contributed by atoms with Crippen LogP contribution in [0.3, 0.4) is 0 Å². The Morgan fingerprint density at radius 2 is 1.61 bits per heavy atom. The molecule has 192 valence electrons. The van der Waals surface area contributed by atoms with E-state index in [0.717, 1.165) is 38.4 Å². The minimum Gasteiger partial charge on any atom is -0.445 e. The molecule has 0 aliphatic rings. The maximum Gasteiger partial charge on any atom is 0.408 e. The lowest BCUT2D eigenvalue weighted by Crippen LogP contribution is -2.58. The number of hydrogen-bond acceptors (Lipinski definition) is 3. The zero-order valence-corrected chi connectivity index (χ0v) is 21.5. The number of aromatic nitrogens is 1. The van der Waals surface area contributed by atoms with Crippen LogP contribution in [0.1, 0.15) is 36.6 Å². The zero-order valence-electron chi connectivity index (χ0n) is 21.5. The summed E-state index contributed by atoms with van der Waals surface area (Å²) >= 11 is 0. The van der Waals surface area contributed by atoms with Gasteiger partial charge in [-0.3, -0.25) is 4.79 Å². The Bertz CT molecular complexity index is 1580. The van der Waals surface area contributed by atoms with Crippen molar-refractivity contribution >= 4 is 33.7 Å². The molecule has 2 amide bonds. The Hall–Kier alpha value is -4.58. The third kappa shape index (κ3) is 5.54. The van der Waals surface area contributed by atoms with Crippen LogP contribution in [0.5, 0.6) is 0 Å². The van der Waals surface area contributed by atoms with Gasteiger partial charge in [0.05, 0.1) is 6.04 Å². The number of fused-ring (bicyclic) bond motifs is 2. The second-order valence-electron chi connectivity index (χ2n) is 9.86. The van der Waals surface area contributed by atoms with E-state index in [1.165, 1.54) is 0 Å². The average molecular weight is 506 g/mol. The molecule has 4 aromatic carbocycles. The van der Waals surface area contributed by atoms with Crippen LogP contribution in [-0.2, 0) is 22.6 Å².